The van der Waals surface area contributed by atoms with Crippen LogP contribution in [0.25, 0.3) is 0 Å². The quantitative estimate of drug-likeness (QED) is 0.401. The summed E-state index contributed by atoms with van der Waals surface area (Å²) in [5.41, 5.74) is 0.283. The van der Waals surface area contributed by atoms with Gasteiger partial charge in [0.15, 0.2) is 5.69 Å². The Balaban J connectivity index is 1.93. The lowest BCUT2D eigenvalue weighted by molar-refractivity contribution is 0.0594. The van der Waals surface area contributed by atoms with Gasteiger partial charge in [0.1, 0.15) is 0 Å². The number of carbonyl (C=O) groups is 1. The normalized spacial score (nSPS) is 10.8. The van der Waals surface area contributed by atoms with Crippen LogP contribution in [0.15, 0.2) is 6.20 Å². The van der Waals surface area contributed by atoms with E-state index in [1.807, 2.05) is 0 Å². The second kappa shape index (κ2) is 12.2. The topological polar surface area (TPSA) is 57.0 Å². The molecule has 0 amide bonds. The first-order valence-corrected chi connectivity index (χ1v) is 8.76. The fraction of sp³-hybridized carbons (Fsp3) is 0.824. The van der Waals surface area contributed by atoms with Crippen molar-refractivity contribution >= 4 is 5.97 Å². The number of esters is 1. The Kier molecular flexibility index (Phi) is 10.3. The van der Waals surface area contributed by atoms with Crippen molar-refractivity contribution in [2.24, 2.45) is 0 Å². The zero-order valence-electron chi connectivity index (χ0n) is 14.2. The zero-order valence-corrected chi connectivity index (χ0v) is 14.2. The summed E-state index contributed by atoms with van der Waals surface area (Å²) in [5.74, 6) is -0.426. The van der Waals surface area contributed by atoms with Crippen molar-refractivity contribution in [1.29, 1.82) is 0 Å². The van der Waals surface area contributed by atoms with E-state index in [9.17, 15) is 4.79 Å². The van der Waals surface area contributed by atoms with Crippen molar-refractivity contribution in [3.63, 3.8) is 0 Å². The molecule has 1 rings (SSSR count). The molecule has 5 nitrogen and oxygen atoms in total. The maximum absolute atomic E-state index is 11.2. The Morgan fingerprint density at radius 2 is 1.55 bits per heavy atom. The minimum Gasteiger partial charge on any atom is -0.464 e. The molecule has 0 N–H and O–H groups in total. The zero-order chi connectivity index (χ0) is 16.0. The third-order valence-electron chi connectivity index (χ3n) is 3.92. The number of hydrogen-bond acceptors (Lipinski definition) is 4. The number of aryl methyl sites for hydroxylation is 1. The molecule has 1 aromatic heterocycles. The average molecular weight is 309 g/mol. The van der Waals surface area contributed by atoms with Crippen LogP contribution in [0.2, 0.25) is 0 Å². The molecule has 0 aliphatic carbocycles. The summed E-state index contributed by atoms with van der Waals surface area (Å²) in [7, 11) is 1.35. The van der Waals surface area contributed by atoms with Crippen LogP contribution in [0.3, 0.4) is 0 Å². The van der Waals surface area contributed by atoms with Crippen molar-refractivity contribution < 1.29 is 9.53 Å². The van der Waals surface area contributed by atoms with Crippen molar-refractivity contribution in [3.05, 3.63) is 11.9 Å². The molecule has 0 aromatic carbocycles. The van der Waals surface area contributed by atoms with Crippen LogP contribution >= 0.6 is 0 Å². The number of methoxy groups -OCH3 is 1. The summed E-state index contributed by atoms with van der Waals surface area (Å²) < 4.78 is 6.33. The average Bonchev–Trinajstić information content (AvgIpc) is 3.00. The van der Waals surface area contributed by atoms with Gasteiger partial charge in [-0.1, -0.05) is 76.3 Å². The predicted octanol–water partition coefficient (Wildman–Crippen LogP) is 4.38. The van der Waals surface area contributed by atoms with Crippen LogP contribution in [0, 0.1) is 0 Å². The molecule has 0 spiro atoms. The number of carbonyl (C=O) groups excluding carboxylic acids is 1. The molecule has 0 atom stereocenters. The van der Waals surface area contributed by atoms with Gasteiger partial charge < -0.3 is 4.74 Å². The molecule has 1 aromatic rings. The summed E-state index contributed by atoms with van der Waals surface area (Å²) in [6, 6.07) is 0. The predicted molar refractivity (Wildman–Crippen MR) is 87.8 cm³/mol. The van der Waals surface area contributed by atoms with Crippen LogP contribution in [-0.4, -0.2) is 28.1 Å². The maximum atomic E-state index is 11.2. The van der Waals surface area contributed by atoms with Crippen LogP contribution in [0.5, 0.6) is 0 Å². The molecule has 1 heterocycles. The van der Waals surface area contributed by atoms with Crippen molar-refractivity contribution in [3.8, 4) is 0 Å². The van der Waals surface area contributed by atoms with Crippen LogP contribution < -0.4 is 0 Å². The van der Waals surface area contributed by atoms with E-state index in [0.717, 1.165) is 13.0 Å². The molecular formula is C17H31N3O2. The summed E-state index contributed by atoms with van der Waals surface area (Å²) in [6.45, 7) is 3.08. The lowest BCUT2D eigenvalue weighted by Gasteiger charge is -2.02. The van der Waals surface area contributed by atoms with E-state index in [4.69, 9.17) is 0 Å². The molecule has 0 saturated heterocycles. The van der Waals surface area contributed by atoms with E-state index in [1.54, 1.807) is 10.9 Å². The highest BCUT2D eigenvalue weighted by Gasteiger charge is 2.09. The fourth-order valence-electron chi connectivity index (χ4n) is 2.54. The minimum atomic E-state index is -0.426. The Hall–Kier alpha value is -1.39. The summed E-state index contributed by atoms with van der Waals surface area (Å²) >= 11 is 0. The number of aromatic nitrogens is 3. The molecular weight excluding hydrogens is 278 g/mol. The first-order chi connectivity index (χ1) is 10.8. The molecule has 126 valence electrons. The van der Waals surface area contributed by atoms with Crippen LogP contribution in [0.1, 0.15) is 88.0 Å². The van der Waals surface area contributed by atoms with E-state index in [-0.39, 0.29) is 5.69 Å². The van der Waals surface area contributed by atoms with Crippen molar-refractivity contribution in [1.82, 2.24) is 15.0 Å². The van der Waals surface area contributed by atoms with E-state index in [1.165, 1.54) is 71.3 Å². The van der Waals surface area contributed by atoms with E-state index < -0.39 is 5.97 Å². The SMILES string of the molecule is CCCCCCCCCCCCCn1cc(C(=O)OC)nn1. The van der Waals surface area contributed by atoms with Gasteiger partial charge in [-0.15, -0.1) is 5.10 Å². The van der Waals surface area contributed by atoms with Gasteiger partial charge in [-0.2, -0.15) is 0 Å². The fourth-order valence-corrected chi connectivity index (χ4v) is 2.54. The van der Waals surface area contributed by atoms with Gasteiger partial charge in [-0.05, 0) is 6.42 Å². The highest BCUT2D eigenvalue weighted by molar-refractivity contribution is 5.86. The molecule has 0 fully saturated rings. The first-order valence-electron chi connectivity index (χ1n) is 8.76. The minimum absolute atomic E-state index is 0.283. The molecule has 0 aliphatic heterocycles. The van der Waals surface area contributed by atoms with E-state index >= 15 is 0 Å². The number of unbranched alkanes of at least 4 members (excludes halogenated alkanes) is 10. The number of ether oxygens (including phenoxy) is 1. The maximum Gasteiger partial charge on any atom is 0.360 e. The number of rotatable bonds is 13. The molecule has 0 aliphatic rings. The molecule has 0 saturated carbocycles. The molecule has 0 bridgehead atoms. The second-order valence-electron chi connectivity index (χ2n) is 5.89. The Bertz CT molecular complexity index is 404. The lowest BCUT2D eigenvalue weighted by Crippen LogP contribution is -2.01. The standard InChI is InChI=1S/C17H31N3O2/c1-3-4-5-6-7-8-9-10-11-12-13-14-20-15-16(18-19-20)17(21)22-2/h15H,3-14H2,1-2H3. The van der Waals surface area contributed by atoms with Crippen LogP contribution in [-0.2, 0) is 11.3 Å². The number of hydrogen-bond donors (Lipinski definition) is 0. The van der Waals surface area contributed by atoms with Crippen LogP contribution in [0.4, 0.5) is 0 Å². The highest BCUT2D eigenvalue weighted by Crippen LogP contribution is 2.11. The monoisotopic (exact) mass is 309 g/mol. The Morgan fingerprint density at radius 1 is 1.00 bits per heavy atom. The first kappa shape index (κ1) is 18.7. The van der Waals surface area contributed by atoms with Crippen molar-refractivity contribution in [2.75, 3.05) is 7.11 Å². The molecule has 22 heavy (non-hydrogen) atoms. The molecule has 5 heteroatoms. The molecule has 0 unspecified atom stereocenters. The van der Waals surface area contributed by atoms with Crippen molar-refractivity contribution in [2.45, 2.75) is 84.1 Å². The summed E-state index contributed by atoms with van der Waals surface area (Å²) in [5, 5.41) is 7.73. The third kappa shape index (κ3) is 8.15. The summed E-state index contributed by atoms with van der Waals surface area (Å²) in [6.07, 6.45) is 16.2. The van der Waals surface area contributed by atoms with E-state index in [2.05, 4.69) is 22.0 Å². The Labute approximate surface area is 134 Å². The summed E-state index contributed by atoms with van der Waals surface area (Å²) in [4.78, 5) is 11.2. The number of nitrogens with zero attached hydrogens (tertiary/aromatic N) is 3. The van der Waals surface area contributed by atoms with Gasteiger partial charge >= 0.3 is 5.97 Å². The molecule has 0 radical (unpaired) electrons. The van der Waals surface area contributed by atoms with Gasteiger partial charge in [-0.3, -0.25) is 4.68 Å². The van der Waals surface area contributed by atoms with Gasteiger partial charge in [0.05, 0.1) is 13.3 Å². The van der Waals surface area contributed by atoms with Gasteiger partial charge in [-0.25, -0.2) is 4.79 Å². The Morgan fingerprint density at radius 3 is 2.09 bits per heavy atom. The van der Waals surface area contributed by atoms with E-state index in [0.29, 0.717) is 0 Å². The third-order valence-corrected chi connectivity index (χ3v) is 3.92. The largest absolute Gasteiger partial charge is 0.464 e. The second-order valence-corrected chi connectivity index (χ2v) is 5.89. The smallest absolute Gasteiger partial charge is 0.360 e. The van der Waals surface area contributed by atoms with Gasteiger partial charge in [0, 0.05) is 6.54 Å². The highest BCUT2D eigenvalue weighted by atomic mass is 16.5. The van der Waals surface area contributed by atoms with Gasteiger partial charge in [0.2, 0.25) is 0 Å². The lowest BCUT2D eigenvalue weighted by atomic mass is 10.1. The van der Waals surface area contributed by atoms with Gasteiger partial charge in [0.25, 0.3) is 0 Å².